The molecule has 0 spiro atoms. The second-order valence-corrected chi connectivity index (χ2v) is 5.11. The number of ketones is 1. The number of nitrogens with zero attached hydrogens (tertiary/aromatic N) is 1. The van der Waals surface area contributed by atoms with Crippen molar-refractivity contribution in [2.75, 3.05) is 27.2 Å². The molecule has 6 heteroatoms. The third-order valence-electron chi connectivity index (χ3n) is 3.04. The molecule has 2 N–H and O–H groups in total. The van der Waals surface area contributed by atoms with Gasteiger partial charge in [-0.15, -0.1) is 0 Å². The number of hydrogen-bond donors (Lipinski definition) is 2. The Bertz CT molecular complexity index is 474. The SMILES string of the molecule is CN(C)CCNC(CCC(=O)O)C(=O)c1ccc(F)cc1. The van der Waals surface area contributed by atoms with Crippen LogP contribution in [0.25, 0.3) is 0 Å². The van der Waals surface area contributed by atoms with Gasteiger partial charge in [0.1, 0.15) is 5.82 Å². The minimum Gasteiger partial charge on any atom is -0.481 e. The van der Waals surface area contributed by atoms with Gasteiger partial charge in [0.2, 0.25) is 0 Å². The summed E-state index contributed by atoms with van der Waals surface area (Å²) < 4.78 is 12.9. The van der Waals surface area contributed by atoms with Crippen LogP contribution in [0.15, 0.2) is 24.3 Å². The van der Waals surface area contributed by atoms with Gasteiger partial charge >= 0.3 is 5.97 Å². The van der Waals surface area contributed by atoms with E-state index in [0.717, 1.165) is 6.54 Å². The fourth-order valence-corrected chi connectivity index (χ4v) is 1.87. The monoisotopic (exact) mass is 296 g/mol. The van der Waals surface area contributed by atoms with Crippen molar-refractivity contribution in [1.82, 2.24) is 10.2 Å². The number of rotatable bonds is 9. The summed E-state index contributed by atoms with van der Waals surface area (Å²) in [5.41, 5.74) is 0.379. The highest BCUT2D eigenvalue weighted by Crippen LogP contribution is 2.09. The molecule has 1 aromatic carbocycles. The highest BCUT2D eigenvalue weighted by atomic mass is 19.1. The topological polar surface area (TPSA) is 69.6 Å². The molecule has 0 aliphatic heterocycles. The molecular weight excluding hydrogens is 275 g/mol. The van der Waals surface area contributed by atoms with Crippen molar-refractivity contribution >= 4 is 11.8 Å². The third-order valence-corrected chi connectivity index (χ3v) is 3.04. The number of hydrogen-bond acceptors (Lipinski definition) is 4. The number of aliphatic carboxylic acids is 1. The Balaban J connectivity index is 2.70. The molecule has 1 atom stereocenters. The maximum atomic E-state index is 12.9. The molecule has 116 valence electrons. The van der Waals surface area contributed by atoms with Gasteiger partial charge in [0.15, 0.2) is 5.78 Å². The van der Waals surface area contributed by atoms with Gasteiger partial charge in [-0.3, -0.25) is 9.59 Å². The van der Waals surface area contributed by atoms with Crippen molar-refractivity contribution in [3.05, 3.63) is 35.6 Å². The maximum absolute atomic E-state index is 12.9. The number of carboxylic acid groups (broad SMARTS) is 1. The zero-order valence-electron chi connectivity index (χ0n) is 12.3. The number of benzene rings is 1. The largest absolute Gasteiger partial charge is 0.481 e. The Morgan fingerprint density at radius 1 is 1.29 bits per heavy atom. The summed E-state index contributed by atoms with van der Waals surface area (Å²) in [6, 6.07) is 4.70. The minimum absolute atomic E-state index is 0.0907. The van der Waals surface area contributed by atoms with Crippen LogP contribution in [-0.2, 0) is 4.79 Å². The molecule has 0 amide bonds. The Morgan fingerprint density at radius 2 is 1.90 bits per heavy atom. The number of nitrogens with one attached hydrogen (secondary N) is 1. The van der Waals surface area contributed by atoms with Gasteiger partial charge in [-0.25, -0.2) is 4.39 Å². The molecule has 0 fully saturated rings. The van der Waals surface area contributed by atoms with Crippen molar-refractivity contribution < 1.29 is 19.1 Å². The average Bonchev–Trinajstić information content (AvgIpc) is 2.42. The van der Waals surface area contributed by atoms with Crippen LogP contribution in [0.2, 0.25) is 0 Å². The summed E-state index contributed by atoms with van der Waals surface area (Å²) >= 11 is 0. The van der Waals surface area contributed by atoms with Crippen molar-refractivity contribution in [2.24, 2.45) is 0 Å². The van der Waals surface area contributed by atoms with Gasteiger partial charge < -0.3 is 15.3 Å². The molecule has 1 aromatic rings. The van der Waals surface area contributed by atoms with Crippen LogP contribution < -0.4 is 5.32 Å². The van der Waals surface area contributed by atoms with E-state index in [1.165, 1.54) is 24.3 Å². The van der Waals surface area contributed by atoms with E-state index in [0.29, 0.717) is 12.1 Å². The average molecular weight is 296 g/mol. The molecule has 0 radical (unpaired) electrons. The van der Waals surface area contributed by atoms with Gasteiger partial charge in [-0.1, -0.05) is 0 Å². The van der Waals surface area contributed by atoms with Crippen molar-refractivity contribution in [2.45, 2.75) is 18.9 Å². The molecule has 0 saturated heterocycles. The van der Waals surface area contributed by atoms with Crippen LogP contribution in [0.4, 0.5) is 4.39 Å². The maximum Gasteiger partial charge on any atom is 0.303 e. The van der Waals surface area contributed by atoms with E-state index < -0.39 is 17.8 Å². The Labute approximate surface area is 123 Å². The van der Waals surface area contributed by atoms with E-state index >= 15 is 0 Å². The first-order valence-corrected chi connectivity index (χ1v) is 6.80. The van der Waals surface area contributed by atoms with Crippen molar-refractivity contribution in [3.8, 4) is 0 Å². The second-order valence-electron chi connectivity index (χ2n) is 5.11. The third kappa shape index (κ3) is 6.46. The summed E-state index contributed by atoms with van der Waals surface area (Å²) in [5.74, 6) is -1.56. The summed E-state index contributed by atoms with van der Waals surface area (Å²) in [5, 5.41) is 11.8. The summed E-state index contributed by atoms with van der Waals surface area (Å²) in [4.78, 5) is 25.0. The molecule has 0 heterocycles. The normalized spacial score (nSPS) is 12.4. The van der Waals surface area contributed by atoms with E-state index in [4.69, 9.17) is 5.11 Å². The van der Waals surface area contributed by atoms with Crippen LogP contribution in [-0.4, -0.2) is 55.0 Å². The van der Waals surface area contributed by atoms with Gasteiger partial charge in [0.05, 0.1) is 6.04 Å². The zero-order chi connectivity index (χ0) is 15.8. The van der Waals surface area contributed by atoms with Crippen LogP contribution in [0, 0.1) is 5.82 Å². The van der Waals surface area contributed by atoms with Crippen LogP contribution >= 0.6 is 0 Å². The predicted octanol–water partition coefficient (Wildman–Crippen LogP) is 1.39. The number of carboxylic acids is 1. The molecule has 0 bridgehead atoms. The van der Waals surface area contributed by atoms with E-state index in [2.05, 4.69) is 5.32 Å². The lowest BCUT2D eigenvalue weighted by Gasteiger charge is -2.18. The molecule has 0 aliphatic carbocycles. The molecule has 0 aliphatic rings. The fraction of sp³-hybridized carbons (Fsp3) is 0.467. The summed E-state index contributed by atoms with van der Waals surface area (Å²) in [6.45, 7) is 1.31. The van der Waals surface area contributed by atoms with E-state index in [1.807, 2.05) is 19.0 Å². The van der Waals surface area contributed by atoms with Gasteiger partial charge in [-0.05, 0) is 44.8 Å². The molecule has 5 nitrogen and oxygen atoms in total. The second kappa shape index (κ2) is 8.49. The molecular formula is C15H21FN2O3. The highest BCUT2D eigenvalue weighted by molar-refractivity contribution is 6.00. The smallest absolute Gasteiger partial charge is 0.303 e. The Kier molecular flexibility index (Phi) is 6.98. The standard InChI is InChI=1S/C15H21FN2O3/c1-18(2)10-9-17-13(7-8-14(19)20)15(21)11-3-5-12(16)6-4-11/h3-6,13,17H,7-10H2,1-2H3,(H,19,20). The van der Waals surface area contributed by atoms with E-state index in [1.54, 1.807) is 0 Å². The highest BCUT2D eigenvalue weighted by Gasteiger charge is 2.20. The van der Waals surface area contributed by atoms with Crippen molar-refractivity contribution in [3.63, 3.8) is 0 Å². The number of carbonyl (C=O) groups excluding carboxylic acids is 1. The van der Waals surface area contributed by atoms with Gasteiger partial charge in [0.25, 0.3) is 0 Å². The van der Waals surface area contributed by atoms with E-state index in [-0.39, 0.29) is 18.6 Å². The van der Waals surface area contributed by atoms with Crippen LogP contribution in [0.5, 0.6) is 0 Å². The molecule has 1 unspecified atom stereocenters. The molecule has 1 rings (SSSR count). The van der Waals surface area contributed by atoms with Crippen molar-refractivity contribution in [1.29, 1.82) is 0 Å². The number of carbonyl (C=O) groups is 2. The number of Topliss-reactive ketones (excluding diaryl/α,β-unsaturated/α-hetero) is 1. The fourth-order valence-electron chi connectivity index (χ4n) is 1.87. The Morgan fingerprint density at radius 3 is 2.43 bits per heavy atom. The summed E-state index contributed by atoms with van der Waals surface area (Å²) in [7, 11) is 3.82. The lowest BCUT2D eigenvalue weighted by Crippen LogP contribution is -2.40. The molecule has 0 aromatic heterocycles. The van der Waals surface area contributed by atoms with Gasteiger partial charge in [-0.2, -0.15) is 0 Å². The molecule has 0 saturated carbocycles. The minimum atomic E-state index is -0.943. The van der Waals surface area contributed by atoms with Crippen LogP contribution in [0.1, 0.15) is 23.2 Å². The lowest BCUT2D eigenvalue weighted by molar-refractivity contribution is -0.137. The quantitative estimate of drug-likeness (QED) is 0.674. The Hall–Kier alpha value is -1.79. The number of halogens is 1. The zero-order valence-corrected chi connectivity index (χ0v) is 12.3. The molecule has 21 heavy (non-hydrogen) atoms. The predicted molar refractivity (Wildman–Crippen MR) is 77.9 cm³/mol. The number of likely N-dealkylation sites (N-methyl/N-ethyl adjacent to an activating group) is 1. The lowest BCUT2D eigenvalue weighted by atomic mass is 10.00. The summed E-state index contributed by atoms with van der Waals surface area (Å²) in [6.07, 6.45) is 0.117. The first-order chi connectivity index (χ1) is 9.90. The van der Waals surface area contributed by atoms with Crippen LogP contribution in [0.3, 0.4) is 0 Å². The first-order valence-electron chi connectivity index (χ1n) is 6.80. The van der Waals surface area contributed by atoms with E-state index in [9.17, 15) is 14.0 Å². The first kappa shape index (κ1) is 17.3. The van der Waals surface area contributed by atoms with Gasteiger partial charge in [0, 0.05) is 25.1 Å².